The molecule has 3 nitrogen and oxygen atoms in total. The van der Waals surface area contributed by atoms with Crippen molar-refractivity contribution in [1.82, 2.24) is 14.5 Å². The zero-order valence-corrected chi connectivity index (χ0v) is 19.7. The molecule has 2 heterocycles. The second-order valence-corrected chi connectivity index (χ2v) is 9.26. The van der Waals surface area contributed by atoms with Gasteiger partial charge in [0.25, 0.3) is 0 Å². The third-order valence-electron chi connectivity index (χ3n) is 6.48. The van der Waals surface area contributed by atoms with E-state index in [4.69, 9.17) is 9.97 Å². The van der Waals surface area contributed by atoms with Gasteiger partial charge in [0.2, 0.25) is 5.95 Å². The smallest absolute Gasteiger partial charge is 0.235 e. The second kappa shape index (κ2) is 7.51. The van der Waals surface area contributed by atoms with Crippen LogP contribution in [0.25, 0.3) is 60.7 Å². The lowest BCUT2D eigenvalue weighted by atomic mass is 10.0. The van der Waals surface area contributed by atoms with Crippen molar-refractivity contribution >= 4 is 59.4 Å². The lowest BCUT2D eigenvalue weighted by molar-refractivity contribution is 1.01. The third-order valence-corrected chi connectivity index (χ3v) is 7.17. The van der Waals surface area contributed by atoms with Gasteiger partial charge in [0, 0.05) is 26.2 Å². The van der Waals surface area contributed by atoms with Crippen LogP contribution in [0.5, 0.6) is 0 Å². The molecule has 34 heavy (non-hydrogen) atoms. The highest BCUT2D eigenvalue weighted by atomic mass is 79.9. The Morgan fingerprint density at radius 2 is 1.26 bits per heavy atom. The fraction of sp³-hybridized carbons (Fsp3) is 0. The van der Waals surface area contributed by atoms with Crippen molar-refractivity contribution in [2.75, 3.05) is 0 Å². The van der Waals surface area contributed by atoms with Gasteiger partial charge in [0.05, 0.1) is 22.2 Å². The number of halogens is 1. The number of hydrogen-bond acceptors (Lipinski definition) is 2. The Hall–Kier alpha value is -4.02. The lowest BCUT2D eigenvalue weighted by Gasteiger charge is -2.12. The van der Waals surface area contributed by atoms with Crippen molar-refractivity contribution in [3.63, 3.8) is 0 Å². The molecule has 0 atom stereocenters. The lowest BCUT2D eigenvalue weighted by Crippen LogP contribution is -2.03. The summed E-state index contributed by atoms with van der Waals surface area (Å²) in [7, 11) is 0. The monoisotopic (exact) mass is 499 g/mol. The topological polar surface area (TPSA) is 30.7 Å². The van der Waals surface area contributed by atoms with Gasteiger partial charge in [-0.05, 0) is 35.0 Å². The molecule has 7 rings (SSSR count). The van der Waals surface area contributed by atoms with E-state index in [1.807, 2.05) is 18.2 Å². The molecule has 0 unspecified atom stereocenters. The summed E-state index contributed by atoms with van der Waals surface area (Å²) in [6.45, 7) is 0. The minimum absolute atomic E-state index is 0.679. The molecular weight excluding hydrogens is 482 g/mol. The summed E-state index contributed by atoms with van der Waals surface area (Å²) in [5.74, 6) is 0.679. The largest absolute Gasteiger partial charge is 0.278 e. The highest BCUT2D eigenvalue weighted by Gasteiger charge is 2.18. The minimum atomic E-state index is 0.679. The highest BCUT2D eigenvalue weighted by Crippen LogP contribution is 2.38. The van der Waals surface area contributed by atoms with E-state index in [0.717, 1.165) is 37.7 Å². The summed E-state index contributed by atoms with van der Waals surface area (Å²) >= 11 is 3.73. The molecule has 4 heteroatoms. The van der Waals surface area contributed by atoms with Crippen LogP contribution in [-0.2, 0) is 0 Å². The summed E-state index contributed by atoms with van der Waals surface area (Å²) in [5.41, 5.74) is 5.15. The van der Waals surface area contributed by atoms with E-state index in [-0.39, 0.29) is 0 Å². The minimum Gasteiger partial charge on any atom is -0.278 e. The predicted octanol–water partition coefficient (Wildman–Crippen LogP) is 8.31. The molecule has 0 fully saturated rings. The molecule has 0 saturated carbocycles. The number of nitrogens with zero attached hydrogens (tertiary/aromatic N) is 3. The molecule has 0 N–H and O–H groups in total. The molecule has 0 aliphatic carbocycles. The van der Waals surface area contributed by atoms with E-state index in [2.05, 4.69) is 111 Å². The van der Waals surface area contributed by atoms with Crippen molar-refractivity contribution in [3.8, 4) is 17.2 Å². The van der Waals surface area contributed by atoms with Gasteiger partial charge in [-0.2, -0.15) is 0 Å². The molecule has 160 valence electrons. The molecular formula is C30H18BrN3. The summed E-state index contributed by atoms with van der Waals surface area (Å²) in [6.07, 6.45) is 0. The Morgan fingerprint density at radius 3 is 2.15 bits per heavy atom. The van der Waals surface area contributed by atoms with Crippen LogP contribution in [0.4, 0.5) is 0 Å². The van der Waals surface area contributed by atoms with Crippen molar-refractivity contribution in [2.24, 2.45) is 0 Å². The van der Waals surface area contributed by atoms with Gasteiger partial charge < -0.3 is 0 Å². The zero-order valence-electron chi connectivity index (χ0n) is 18.1. The fourth-order valence-corrected chi connectivity index (χ4v) is 5.48. The first-order valence-electron chi connectivity index (χ1n) is 11.2. The number of fused-ring (bicyclic) bond motifs is 6. The maximum atomic E-state index is 5.15. The van der Waals surface area contributed by atoms with Gasteiger partial charge in [-0.1, -0.05) is 101 Å². The van der Waals surface area contributed by atoms with Gasteiger partial charge >= 0.3 is 0 Å². The average molecular weight is 500 g/mol. The molecule has 5 aromatic carbocycles. The van der Waals surface area contributed by atoms with E-state index in [1.165, 1.54) is 21.5 Å². The van der Waals surface area contributed by atoms with Gasteiger partial charge in [-0.15, -0.1) is 0 Å². The van der Waals surface area contributed by atoms with Crippen molar-refractivity contribution in [3.05, 3.63) is 114 Å². The Labute approximate surface area is 204 Å². The quantitative estimate of drug-likeness (QED) is 0.239. The van der Waals surface area contributed by atoms with Crippen molar-refractivity contribution in [1.29, 1.82) is 0 Å². The number of benzene rings is 5. The second-order valence-electron chi connectivity index (χ2n) is 8.40. The standard InChI is InChI=1S/C30H18BrN3/c31-24-14-8-13-21-20(24)17-18-27-28(21)23-12-5-7-16-26(23)34(27)30-32-25-15-6-4-11-22(25)29(33-30)19-9-2-1-3-10-19/h1-18H. The van der Waals surface area contributed by atoms with Crippen LogP contribution < -0.4 is 0 Å². The Bertz CT molecular complexity index is 1870. The first kappa shape index (κ1) is 19.4. The molecule has 0 radical (unpaired) electrons. The number of hydrogen-bond donors (Lipinski definition) is 0. The summed E-state index contributed by atoms with van der Waals surface area (Å²) in [6, 6.07) is 37.8. The number of para-hydroxylation sites is 2. The SMILES string of the molecule is Brc1cccc2c1ccc1c2c2ccccc2n1-c1nc(-c2ccccc2)c2ccccc2n1. The maximum Gasteiger partial charge on any atom is 0.235 e. The van der Waals surface area contributed by atoms with Crippen molar-refractivity contribution < 1.29 is 0 Å². The zero-order chi connectivity index (χ0) is 22.6. The van der Waals surface area contributed by atoms with Crippen LogP contribution in [0.15, 0.2) is 114 Å². The van der Waals surface area contributed by atoms with E-state index in [9.17, 15) is 0 Å². The van der Waals surface area contributed by atoms with Gasteiger partial charge in [0.15, 0.2) is 0 Å². The fourth-order valence-electron chi connectivity index (χ4n) is 4.98. The maximum absolute atomic E-state index is 5.15. The molecule has 7 aromatic rings. The first-order valence-corrected chi connectivity index (χ1v) is 12.0. The highest BCUT2D eigenvalue weighted by molar-refractivity contribution is 9.10. The first-order chi connectivity index (χ1) is 16.8. The Balaban J connectivity index is 1.64. The molecule has 0 saturated heterocycles. The third kappa shape index (κ3) is 2.82. The molecule has 0 amide bonds. The van der Waals surface area contributed by atoms with Gasteiger partial charge in [-0.3, -0.25) is 4.57 Å². The van der Waals surface area contributed by atoms with Crippen LogP contribution in [0.1, 0.15) is 0 Å². The van der Waals surface area contributed by atoms with Crippen molar-refractivity contribution in [2.45, 2.75) is 0 Å². The summed E-state index contributed by atoms with van der Waals surface area (Å²) in [4.78, 5) is 10.2. The molecule has 2 aromatic heterocycles. The van der Waals surface area contributed by atoms with Crippen LogP contribution >= 0.6 is 15.9 Å². The van der Waals surface area contributed by atoms with Crippen LogP contribution in [-0.4, -0.2) is 14.5 Å². The molecule has 0 aliphatic rings. The summed E-state index contributed by atoms with van der Waals surface area (Å²) in [5, 5.41) is 5.87. The molecule has 0 aliphatic heterocycles. The Morgan fingerprint density at radius 1 is 0.529 bits per heavy atom. The predicted molar refractivity (Wildman–Crippen MR) is 145 cm³/mol. The average Bonchev–Trinajstić information content (AvgIpc) is 3.24. The van der Waals surface area contributed by atoms with Crippen LogP contribution in [0, 0.1) is 0 Å². The molecule has 0 spiro atoms. The van der Waals surface area contributed by atoms with E-state index >= 15 is 0 Å². The number of aromatic nitrogens is 3. The Kier molecular flexibility index (Phi) is 4.29. The van der Waals surface area contributed by atoms with E-state index in [0.29, 0.717) is 5.95 Å². The molecule has 0 bridgehead atoms. The van der Waals surface area contributed by atoms with Gasteiger partial charge in [-0.25, -0.2) is 9.97 Å². The van der Waals surface area contributed by atoms with E-state index < -0.39 is 0 Å². The van der Waals surface area contributed by atoms with E-state index in [1.54, 1.807) is 0 Å². The van der Waals surface area contributed by atoms with Gasteiger partial charge in [0.1, 0.15) is 0 Å². The van der Waals surface area contributed by atoms with Crippen LogP contribution in [0.2, 0.25) is 0 Å². The van der Waals surface area contributed by atoms with Crippen LogP contribution in [0.3, 0.4) is 0 Å². The normalized spacial score (nSPS) is 11.7. The summed E-state index contributed by atoms with van der Waals surface area (Å²) < 4.78 is 3.29. The number of rotatable bonds is 2.